The summed E-state index contributed by atoms with van der Waals surface area (Å²) in [6.45, 7) is 8.68. The van der Waals surface area contributed by atoms with Gasteiger partial charge in [-0.25, -0.2) is 4.79 Å². The number of amides is 1. The Labute approximate surface area is 197 Å². The lowest BCUT2D eigenvalue weighted by atomic mass is 10.2. The molecule has 0 aliphatic rings. The van der Waals surface area contributed by atoms with Crippen molar-refractivity contribution in [1.29, 1.82) is 0 Å². The Morgan fingerprint density at radius 2 is 1.79 bits per heavy atom. The maximum Gasteiger partial charge on any atom is 0.338 e. The normalized spacial score (nSPS) is 10.8. The van der Waals surface area contributed by atoms with Gasteiger partial charge in [-0.2, -0.15) is 9.78 Å². The molecule has 0 saturated carbocycles. The minimum absolute atomic E-state index is 0.292. The number of carbonyl (C=O) groups is 2. The molecule has 0 radical (unpaired) electrons. The molecular formula is C25H28N4O5. The lowest BCUT2D eigenvalue weighted by Gasteiger charge is -2.17. The minimum Gasteiger partial charge on any atom is -0.505 e. The van der Waals surface area contributed by atoms with Crippen LogP contribution in [0.25, 0.3) is 5.69 Å². The summed E-state index contributed by atoms with van der Waals surface area (Å²) in [6, 6.07) is 14.2. The molecule has 1 amide bonds. The second-order valence-electron chi connectivity index (χ2n) is 7.66. The number of aromatic hydroxyl groups is 1. The Morgan fingerprint density at radius 3 is 2.44 bits per heavy atom. The van der Waals surface area contributed by atoms with Gasteiger partial charge in [-0.15, -0.1) is 0 Å². The molecule has 0 spiro atoms. The predicted octanol–water partition coefficient (Wildman–Crippen LogP) is 3.00. The highest BCUT2D eigenvalue weighted by atomic mass is 16.5. The number of benzene rings is 2. The van der Waals surface area contributed by atoms with Gasteiger partial charge in [0, 0.05) is 18.3 Å². The molecule has 0 fully saturated rings. The van der Waals surface area contributed by atoms with E-state index in [4.69, 9.17) is 4.74 Å². The number of ether oxygens (including phenoxy) is 1. The molecule has 9 nitrogen and oxygen atoms in total. The van der Waals surface area contributed by atoms with Crippen LogP contribution in [-0.2, 0) is 4.74 Å². The topological polar surface area (TPSA) is 114 Å². The zero-order valence-electron chi connectivity index (χ0n) is 19.4. The molecule has 178 valence electrons. The van der Waals surface area contributed by atoms with Gasteiger partial charge in [0.05, 0.1) is 11.3 Å². The highest BCUT2D eigenvalue weighted by Crippen LogP contribution is 2.17. The van der Waals surface area contributed by atoms with Crippen LogP contribution < -0.4 is 10.9 Å². The second kappa shape index (κ2) is 11.2. The van der Waals surface area contributed by atoms with Crippen molar-refractivity contribution in [2.75, 3.05) is 31.6 Å². The third-order valence-electron chi connectivity index (χ3n) is 5.29. The Bertz CT molecular complexity index is 1220. The summed E-state index contributed by atoms with van der Waals surface area (Å²) in [4.78, 5) is 39.4. The quantitative estimate of drug-likeness (QED) is 0.468. The van der Waals surface area contributed by atoms with E-state index >= 15 is 0 Å². The molecule has 0 unspecified atom stereocenters. The van der Waals surface area contributed by atoms with Crippen LogP contribution in [0.1, 0.15) is 40.3 Å². The molecule has 0 aliphatic heterocycles. The van der Waals surface area contributed by atoms with Crippen molar-refractivity contribution >= 4 is 17.6 Å². The summed E-state index contributed by atoms with van der Waals surface area (Å²) in [5.41, 5.74) is 1.26. The highest BCUT2D eigenvalue weighted by Gasteiger charge is 2.18. The molecule has 34 heavy (non-hydrogen) atoms. The van der Waals surface area contributed by atoms with Crippen molar-refractivity contribution in [2.24, 2.45) is 0 Å². The van der Waals surface area contributed by atoms with Gasteiger partial charge in [-0.05, 0) is 62.0 Å². The minimum atomic E-state index is -0.701. The first-order valence-electron chi connectivity index (χ1n) is 11.0. The van der Waals surface area contributed by atoms with Crippen LogP contribution in [0.3, 0.4) is 0 Å². The van der Waals surface area contributed by atoms with Gasteiger partial charge >= 0.3 is 5.97 Å². The zero-order chi connectivity index (χ0) is 24.7. The SMILES string of the molecule is CCN(CC)CCOC(=O)c1ccc(NC(=O)c2nn(-c3cccc(C)c3)c(=O)cc2O)cc1. The van der Waals surface area contributed by atoms with Crippen LogP contribution in [0, 0.1) is 6.92 Å². The van der Waals surface area contributed by atoms with E-state index < -0.39 is 23.2 Å². The van der Waals surface area contributed by atoms with Crippen LogP contribution in [-0.4, -0.2) is 57.9 Å². The van der Waals surface area contributed by atoms with Gasteiger partial charge < -0.3 is 20.1 Å². The van der Waals surface area contributed by atoms with Crippen LogP contribution in [0.4, 0.5) is 5.69 Å². The fraction of sp³-hybridized carbons (Fsp3) is 0.280. The lowest BCUT2D eigenvalue weighted by molar-refractivity contribution is 0.0466. The van der Waals surface area contributed by atoms with Gasteiger partial charge in [-0.1, -0.05) is 26.0 Å². The summed E-state index contributed by atoms with van der Waals surface area (Å²) in [6.07, 6.45) is 0. The number of carbonyl (C=O) groups excluding carboxylic acids is 2. The Hall–Kier alpha value is -3.98. The molecule has 0 aliphatic carbocycles. The van der Waals surface area contributed by atoms with Crippen molar-refractivity contribution < 1.29 is 19.4 Å². The largest absolute Gasteiger partial charge is 0.505 e. The van der Waals surface area contributed by atoms with Crippen molar-refractivity contribution in [3.8, 4) is 11.4 Å². The third-order valence-corrected chi connectivity index (χ3v) is 5.29. The smallest absolute Gasteiger partial charge is 0.338 e. The Kier molecular flexibility index (Phi) is 8.15. The highest BCUT2D eigenvalue weighted by molar-refractivity contribution is 6.04. The molecule has 2 aromatic carbocycles. The van der Waals surface area contributed by atoms with Crippen LogP contribution in [0.15, 0.2) is 59.4 Å². The molecule has 2 N–H and O–H groups in total. The number of aryl methyl sites for hydroxylation is 1. The fourth-order valence-electron chi connectivity index (χ4n) is 3.32. The van der Waals surface area contributed by atoms with E-state index in [0.29, 0.717) is 30.1 Å². The number of anilines is 1. The molecule has 1 aromatic heterocycles. The van der Waals surface area contributed by atoms with E-state index in [1.807, 2.05) is 26.8 Å². The Morgan fingerprint density at radius 1 is 1.09 bits per heavy atom. The molecule has 0 atom stereocenters. The summed E-state index contributed by atoms with van der Waals surface area (Å²) in [5.74, 6) is -1.68. The van der Waals surface area contributed by atoms with Crippen LogP contribution in [0.2, 0.25) is 0 Å². The van der Waals surface area contributed by atoms with Crippen molar-refractivity contribution in [3.05, 3.63) is 81.8 Å². The van der Waals surface area contributed by atoms with Gasteiger partial charge in [0.25, 0.3) is 11.5 Å². The average Bonchev–Trinajstić information content (AvgIpc) is 2.82. The van der Waals surface area contributed by atoms with Gasteiger partial charge in [0.15, 0.2) is 11.4 Å². The van der Waals surface area contributed by atoms with Crippen molar-refractivity contribution in [3.63, 3.8) is 0 Å². The number of likely N-dealkylation sites (N-methyl/N-ethyl adjacent to an activating group) is 1. The number of rotatable bonds is 9. The number of esters is 1. The Balaban J connectivity index is 1.69. The first kappa shape index (κ1) is 24.7. The van der Waals surface area contributed by atoms with Crippen LogP contribution >= 0.6 is 0 Å². The number of nitrogens with zero attached hydrogens (tertiary/aromatic N) is 3. The second-order valence-corrected chi connectivity index (χ2v) is 7.66. The van der Waals surface area contributed by atoms with E-state index in [1.54, 1.807) is 30.3 Å². The molecular weight excluding hydrogens is 436 g/mol. The third kappa shape index (κ3) is 6.08. The first-order valence-corrected chi connectivity index (χ1v) is 11.0. The van der Waals surface area contributed by atoms with Crippen molar-refractivity contribution in [2.45, 2.75) is 20.8 Å². The van der Waals surface area contributed by atoms with Crippen molar-refractivity contribution in [1.82, 2.24) is 14.7 Å². The number of hydrogen-bond acceptors (Lipinski definition) is 7. The average molecular weight is 465 g/mol. The van der Waals surface area contributed by atoms with E-state index in [2.05, 4.69) is 15.3 Å². The summed E-state index contributed by atoms with van der Waals surface area (Å²) >= 11 is 0. The maximum atomic E-state index is 12.7. The number of aromatic nitrogens is 2. The van der Waals surface area contributed by atoms with Crippen LogP contribution in [0.5, 0.6) is 5.75 Å². The lowest BCUT2D eigenvalue weighted by Crippen LogP contribution is -2.27. The predicted molar refractivity (Wildman–Crippen MR) is 129 cm³/mol. The van der Waals surface area contributed by atoms with E-state index in [0.717, 1.165) is 29.4 Å². The number of nitrogens with one attached hydrogen (secondary N) is 1. The van der Waals surface area contributed by atoms with Gasteiger partial charge in [0.2, 0.25) is 0 Å². The molecule has 3 aromatic rings. The van der Waals surface area contributed by atoms with Gasteiger partial charge in [0.1, 0.15) is 6.61 Å². The molecule has 3 rings (SSSR count). The standard InChI is InChI=1S/C25H28N4O5/c1-4-28(5-2)13-14-34-25(33)18-9-11-19(12-10-18)26-24(32)23-21(30)16-22(31)29(27-23)20-8-6-7-17(3)15-20/h6-12,15-16,30H,4-5,13-14H2,1-3H3,(H,26,32). The van der Waals surface area contributed by atoms with E-state index in [1.165, 1.54) is 12.1 Å². The molecule has 0 saturated heterocycles. The fourth-order valence-corrected chi connectivity index (χ4v) is 3.32. The van der Waals surface area contributed by atoms with Gasteiger partial charge in [-0.3, -0.25) is 9.59 Å². The maximum absolute atomic E-state index is 12.7. The van der Waals surface area contributed by atoms with E-state index in [-0.39, 0.29) is 5.69 Å². The summed E-state index contributed by atoms with van der Waals surface area (Å²) < 4.78 is 6.35. The van der Waals surface area contributed by atoms with E-state index in [9.17, 15) is 19.5 Å². The summed E-state index contributed by atoms with van der Waals surface area (Å²) in [5, 5.41) is 16.8. The summed E-state index contributed by atoms with van der Waals surface area (Å²) in [7, 11) is 0. The number of hydrogen-bond donors (Lipinski definition) is 2. The molecule has 1 heterocycles. The first-order chi connectivity index (χ1) is 16.3. The molecule has 0 bridgehead atoms. The molecule has 9 heteroatoms. The zero-order valence-corrected chi connectivity index (χ0v) is 19.4. The monoisotopic (exact) mass is 464 g/mol.